The van der Waals surface area contributed by atoms with Crippen molar-refractivity contribution >= 4 is 0 Å². The number of hydrogen-bond acceptors (Lipinski definition) is 5. The predicted octanol–water partition coefficient (Wildman–Crippen LogP) is 3.82. The van der Waals surface area contributed by atoms with Crippen molar-refractivity contribution in [2.45, 2.75) is 65.0 Å². The number of para-hydroxylation sites is 1. The van der Waals surface area contributed by atoms with Crippen LogP contribution in [0.15, 0.2) is 42.5 Å². The van der Waals surface area contributed by atoms with Crippen LogP contribution >= 0.6 is 0 Å². The second-order valence-corrected chi connectivity index (χ2v) is 10.5. The molecule has 5 nitrogen and oxygen atoms in total. The van der Waals surface area contributed by atoms with E-state index in [1.165, 1.54) is 0 Å². The quantitative estimate of drug-likeness (QED) is 0.512. The summed E-state index contributed by atoms with van der Waals surface area (Å²) >= 11 is 0. The zero-order valence-electron chi connectivity index (χ0n) is 19.8. The molecule has 2 aromatic rings. The molecule has 0 aliphatic heterocycles. The molecule has 2 rings (SSSR count). The van der Waals surface area contributed by atoms with Crippen molar-refractivity contribution in [2.75, 3.05) is 19.8 Å². The fourth-order valence-corrected chi connectivity index (χ4v) is 3.88. The first kappa shape index (κ1) is 25.3. The Morgan fingerprint density at radius 2 is 1.26 bits per heavy atom. The van der Waals surface area contributed by atoms with E-state index < -0.39 is 31.3 Å². The van der Waals surface area contributed by atoms with Gasteiger partial charge < -0.3 is 25.8 Å². The van der Waals surface area contributed by atoms with Gasteiger partial charge in [-0.3, -0.25) is 0 Å². The van der Waals surface area contributed by atoms with Crippen molar-refractivity contribution in [1.29, 1.82) is 0 Å². The van der Waals surface area contributed by atoms with Crippen LogP contribution in [0.2, 0.25) is 0 Å². The molecule has 1 atom stereocenters. The molecule has 172 valence electrons. The molecule has 0 radical (unpaired) electrons. The van der Waals surface area contributed by atoms with Gasteiger partial charge in [0.2, 0.25) is 0 Å². The topological polar surface area (TPSA) is 95.9 Å². The van der Waals surface area contributed by atoms with E-state index in [0.29, 0.717) is 12.3 Å². The van der Waals surface area contributed by atoms with Gasteiger partial charge in [-0.15, -0.1) is 0 Å². The normalized spacial score (nSPS) is 13.9. The van der Waals surface area contributed by atoms with Gasteiger partial charge in [-0.25, -0.2) is 0 Å². The first-order valence-electron chi connectivity index (χ1n) is 10.9. The standard InChI is InChI=1S/C26H39NO4/c1-24(2,3)20-12-18(14-27)13-21(25(4,5)6)22(20)23(26(15-28,16-29)17-30)31-19-10-8-7-9-11-19/h7-13,23,28-30H,14-17,27H2,1-6H3. The maximum Gasteiger partial charge on any atom is 0.137 e. The third kappa shape index (κ3) is 5.47. The van der Waals surface area contributed by atoms with E-state index in [0.717, 1.165) is 22.3 Å². The molecule has 0 fully saturated rings. The highest BCUT2D eigenvalue weighted by molar-refractivity contribution is 5.48. The Kier molecular flexibility index (Phi) is 7.93. The lowest BCUT2D eigenvalue weighted by molar-refractivity contribution is -0.0752. The van der Waals surface area contributed by atoms with E-state index in [2.05, 4.69) is 53.7 Å². The van der Waals surface area contributed by atoms with Gasteiger partial charge in [-0.2, -0.15) is 0 Å². The summed E-state index contributed by atoms with van der Waals surface area (Å²) in [5, 5.41) is 31.1. The molecule has 0 aliphatic rings. The van der Waals surface area contributed by atoms with Crippen LogP contribution in [-0.2, 0) is 17.4 Å². The third-order valence-corrected chi connectivity index (χ3v) is 5.85. The smallest absolute Gasteiger partial charge is 0.137 e. The number of aliphatic hydroxyl groups is 3. The molecule has 1 unspecified atom stereocenters. The van der Waals surface area contributed by atoms with Crippen LogP contribution < -0.4 is 10.5 Å². The summed E-state index contributed by atoms with van der Waals surface area (Å²) < 4.78 is 6.47. The lowest BCUT2D eigenvalue weighted by Crippen LogP contribution is -2.44. The second kappa shape index (κ2) is 9.70. The van der Waals surface area contributed by atoms with Gasteiger partial charge in [-0.05, 0) is 39.7 Å². The van der Waals surface area contributed by atoms with Gasteiger partial charge >= 0.3 is 0 Å². The number of benzene rings is 2. The summed E-state index contributed by atoms with van der Waals surface area (Å²) in [5.41, 5.74) is 8.20. The minimum Gasteiger partial charge on any atom is -0.485 e. The molecule has 0 saturated heterocycles. The highest BCUT2D eigenvalue weighted by atomic mass is 16.5. The van der Waals surface area contributed by atoms with Crippen molar-refractivity contribution < 1.29 is 20.1 Å². The summed E-state index contributed by atoms with van der Waals surface area (Å²) in [6, 6.07) is 13.5. The summed E-state index contributed by atoms with van der Waals surface area (Å²) in [6.45, 7) is 11.9. The average molecular weight is 430 g/mol. The molecule has 31 heavy (non-hydrogen) atoms. The monoisotopic (exact) mass is 429 g/mol. The number of aliphatic hydroxyl groups excluding tert-OH is 3. The summed E-state index contributed by atoms with van der Waals surface area (Å²) in [5.74, 6) is 0.606. The minimum absolute atomic E-state index is 0.259. The van der Waals surface area contributed by atoms with Crippen molar-refractivity contribution in [1.82, 2.24) is 0 Å². The van der Waals surface area contributed by atoms with Gasteiger partial charge in [-0.1, -0.05) is 71.9 Å². The van der Waals surface area contributed by atoms with Gasteiger partial charge in [0.05, 0.1) is 25.2 Å². The summed E-state index contributed by atoms with van der Waals surface area (Å²) in [7, 11) is 0. The maximum absolute atomic E-state index is 10.4. The van der Waals surface area contributed by atoms with Crippen LogP contribution in [0.25, 0.3) is 0 Å². The van der Waals surface area contributed by atoms with Crippen LogP contribution in [0.4, 0.5) is 0 Å². The molecule has 0 saturated carbocycles. The van der Waals surface area contributed by atoms with Crippen LogP contribution in [0.3, 0.4) is 0 Å². The second-order valence-electron chi connectivity index (χ2n) is 10.5. The van der Waals surface area contributed by atoms with E-state index in [9.17, 15) is 15.3 Å². The van der Waals surface area contributed by atoms with E-state index in [1.807, 2.05) is 30.3 Å². The number of ether oxygens (including phenoxy) is 1. The first-order valence-corrected chi connectivity index (χ1v) is 10.9. The highest BCUT2D eigenvalue weighted by Gasteiger charge is 2.45. The lowest BCUT2D eigenvalue weighted by Gasteiger charge is -2.42. The Bertz CT molecular complexity index is 803. The fourth-order valence-electron chi connectivity index (χ4n) is 3.88. The molecule has 2 aromatic carbocycles. The SMILES string of the molecule is CC(C)(C)c1cc(CN)cc(C(C)(C)C)c1C(Oc1ccccc1)C(CO)(CO)CO. The molecular formula is C26H39NO4. The van der Waals surface area contributed by atoms with E-state index in [-0.39, 0.29) is 10.8 Å². The zero-order valence-corrected chi connectivity index (χ0v) is 19.8. The molecule has 0 bridgehead atoms. The van der Waals surface area contributed by atoms with Gasteiger partial charge in [0.1, 0.15) is 11.9 Å². The fraction of sp³-hybridized carbons (Fsp3) is 0.538. The predicted molar refractivity (Wildman–Crippen MR) is 125 cm³/mol. The third-order valence-electron chi connectivity index (χ3n) is 5.85. The van der Waals surface area contributed by atoms with E-state index in [1.54, 1.807) is 0 Å². The number of rotatable bonds is 8. The summed E-state index contributed by atoms with van der Waals surface area (Å²) in [6.07, 6.45) is -0.773. The molecular weight excluding hydrogens is 390 g/mol. The van der Waals surface area contributed by atoms with Crippen LogP contribution in [0, 0.1) is 5.41 Å². The molecule has 5 N–H and O–H groups in total. The highest BCUT2D eigenvalue weighted by Crippen LogP contribution is 2.46. The Labute approximate surface area is 186 Å². The van der Waals surface area contributed by atoms with E-state index >= 15 is 0 Å². The van der Waals surface area contributed by atoms with E-state index in [4.69, 9.17) is 10.5 Å². The van der Waals surface area contributed by atoms with Gasteiger partial charge in [0, 0.05) is 12.1 Å². The molecule has 0 aromatic heterocycles. The number of nitrogens with two attached hydrogens (primary N) is 1. The Balaban J connectivity index is 2.94. The minimum atomic E-state index is -1.28. The van der Waals surface area contributed by atoms with Crippen LogP contribution in [0.1, 0.15) is 69.9 Å². The first-order chi connectivity index (χ1) is 14.4. The largest absolute Gasteiger partial charge is 0.485 e. The van der Waals surface area contributed by atoms with Gasteiger partial charge in [0.25, 0.3) is 0 Å². The molecule has 0 heterocycles. The Hall–Kier alpha value is -1.92. The lowest BCUT2D eigenvalue weighted by atomic mass is 9.69. The molecule has 0 amide bonds. The summed E-state index contributed by atoms with van der Waals surface area (Å²) in [4.78, 5) is 0. The van der Waals surface area contributed by atoms with Crippen molar-refractivity contribution in [3.8, 4) is 5.75 Å². The van der Waals surface area contributed by atoms with Crippen molar-refractivity contribution in [3.63, 3.8) is 0 Å². The Morgan fingerprint density at radius 3 is 1.61 bits per heavy atom. The van der Waals surface area contributed by atoms with Crippen LogP contribution in [0.5, 0.6) is 5.75 Å². The van der Waals surface area contributed by atoms with Gasteiger partial charge in [0.15, 0.2) is 0 Å². The molecule has 5 heteroatoms. The Morgan fingerprint density at radius 1 is 0.806 bits per heavy atom. The van der Waals surface area contributed by atoms with Crippen LogP contribution in [-0.4, -0.2) is 35.1 Å². The average Bonchev–Trinajstić information content (AvgIpc) is 2.73. The molecule has 0 aliphatic carbocycles. The maximum atomic E-state index is 10.4. The molecule has 0 spiro atoms. The van der Waals surface area contributed by atoms with Crippen molar-refractivity contribution in [2.24, 2.45) is 11.1 Å². The van der Waals surface area contributed by atoms with Crippen molar-refractivity contribution in [3.05, 3.63) is 64.7 Å². The number of hydrogen-bond donors (Lipinski definition) is 4. The zero-order chi connectivity index (χ0) is 23.4.